The highest BCUT2D eigenvalue weighted by Gasteiger charge is 2.78. The van der Waals surface area contributed by atoms with E-state index in [2.05, 4.69) is 9.72 Å². The molecule has 5 atom stereocenters. The minimum absolute atomic E-state index is 0.0134. The van der Waals surface area contributed by atoms with E-state index < -0.39 is 47.2 Å². The number of aliphatic hydroxyl groups excluding tert-OH is 1. The Balaban J connectivity index is 1.78. The number of fused-ring (bicyclic) bond motifs is 3. The summed E-state index contributed by atoms with van der Waals surface area (Å²) in [5.74, 6) is -4.64. The molecule has 0 amide bonds. The van der Waals surface area contributed by atoms with Gasteiger partial charge in [0.15, 0.2) is 11.2 Å². The van der Waals surface area contributed by atoms with Crippen molar-refractivity contribution in [3.8, 4) is 11.5 Å². The zero-order valence-corrected chi connectivity index (χ0v) is 18.4. The molecule has 2 aliphatic rings. The Labute approximate surface area is 201 Å². The number of aliphatic carboxylic acids is 1. The SMILES string of the molecule is O=C(O)[C@H]1[C@@H](O)C2(O)c3ncc(Cl)cc3O[C@@]2(c2ccc(OC(F)(F)F)cc2)[C@@H]1c1ccccc1. The van der Waals surface area contributed by atoms with Crippen molar-refractivity contribution in [2.24, 2.45) is 5.92 Å². The lowest BCUT2D eigenvalue weighted by atomic mass is 9.71. The van der Waals surface area contributed by atoms with Crippen LogP contribution in [0.25, 0.3) is 0 Å². The predicted octanol–water partition coefficient (Wildman–Crippen LogP) is 3.97. The maximum absolute atomic E-state index is 12.7. The van der Waals surface area contributed by atoms with Crippen LogP contribution in [0.3, 0.4) is 0 Å². The molecule has 2 aromatic carbocycles. The van der Waals surface area contributed by atoms with Crippen LogP contribution >= 0.6 is 11.6 Å². The largest absolute Gasteiger partial charge is 0.573 e. The Morgan fingerprint density at radius 3 is 2.37 bits per heavy atom. The molecule has 2 heterocycles. The molecule has 1 aliphatic carbocycles. The molecule has 1 saturated carbocycles. The van der Waals surface area contributed by atoms with Gasteiger partial charge in [0, 0.05) is 18.2 Å². The number of carboxylic acids is 1. The number of alkyl halides is 3. The first-order chi connectivity index (χ1) is 16.5. The molecule has 11 heteroatoms. The van der Waals surface area contributed by atoms with Gasteiger partial charge in [0.2, 0.25) is 0 Å². The first-order valence-electron chi connectivity index (χ1n) is 10.4. The third kappa shape index (κ3) is 3.35. The number of carboxylic acid groups (broad SMARTS) is 1. The van der Waals surface area contributed by atoms with Gasteiger partial charge < -0.3 is 24.8 Å². The van der Waals surface area contributed by atoms with Crippen LogP contribution in [0.5, 0.6) is 11.5 Å². The quantitative estimate of drug-likeness (QED) is 0.490. The smallest absolute Gasteiger partial charge is 0.481 e. The van der Waals surface area contributed by atoms with Crippen molar-refractivity contribution in [3.63, 3.8) is 0 Å². The minimum Gasteiger partial charge on any atom is -0.481 e. The van der Waals surface area contributed by atoms with Gasteiger partial charge in [0.05, 0.1) is 10.9 Å². The average molecular weight is 508 g/mol. The van der Waals surface area contributed by atoms with Crippen molar-refractivity contribution in [2.45, 2.75) is 29.6 Å². The fourth-order valence-electron chi connectivity index (χ4n) is 5.31. The summed E-state index contributed by atoms with van der Waals surface area (Å²) in [7, 11) is 0. The van der Waals surface area contributed by atoms with E-state index >= 15 is 0 Å². The third-order valence-electron chi connectivity index (χ3n) is 6.54. The van der Waals surface area contributed by atoms with Crippen LogP contribution in [0.4, 0.5) is 13.2 Å². The first-order valence-corrected chi connectivity index (χ1v) is 10.8. The number of rotatable bonds is 4. The lowest BCUT2D eigenvalue weighted by Gasteiger charge is -2.40. The number of ether oxygens (including phenoxy) is 2. The Bertz CT molecular complexity index is 1290. The zero-order chi connectivity index (χ0) is 25.2. The van der Waals surface area contributed by atoms with Crippen LogP contribution < -0.4 is 9.47 Å². The van der Waals surface area contributed by atoms with E-state index in [9.17, 15) is 33.3 Å². The van der Waals surface area contributed by atoms with E-state index in [0.717, 1.165) is 12.1 Å². The first kappa shape index (κ1) is 23.4. The summed E-state index contributed by atoms with van der Waals surface area (Å²) in [6.45, 7) is 0. The summed E-state index contributed by atoms with van der Waals surface area (Å²) in [4.78, 5) is 16.6. The number of pyridine rings is 1. The van der Waals surface area contributed by atoms with E-state index in [1.54, 1.807) is 30.3 Å². The summed E-state index contributed by atoms with van der Waals surface area (Å²) in [5.41, 5.74) is -3.96. The highest BCUT2D eigenvalue weighted by Crippen LogP contribution is 2.68. The molecule has 7 nitrogen and oxygen atoms in total. The number of benzene rings is 2. The summed E-state index contributed by atoms with van der Waals surface area (Å²) in [6, 6.07) is 14.1. The average Bonchev–Trinajstić information content (AvgIpc) is 3.16. The summed E-state index contributed by atoms with van der Waals surface area (Å²) in [6.07, 6.45) is -5.60. The van der Waals surface area contributed by atoms with Gasteiger partial charge in [0.25, 0.3) is 0 Å². The standard InChI is InChI=1S/C24H17ClF3NO6/c25-14-10-16-19(29-11-14)22(33)20(30)17(21(31)32)18(12-4-2-1-3-5-12)23(22,35-16)13-6-8-15(9-7-13)34-24(26,27)28/h1-11,17-18,20,30,33H,(H,31,32)/t17-,18-,20-,22?,23+/m1/s1. The maximum atomic E-state index is 12.7. The van der Waals surface area contributed by atoms with Crippen LogP contribution in [0.2, 0.25) is 5.02 Å². The Kier molecular flexibility index (Phi) is 5.24. The molecule has 0 radical (unpaired) electrons. The normalized spacial score (nSPS) is 29.3. The van der Waals surface area contributed by atoms with E-state index in [4.69, 9.17) is 16.3 Å². The lowest BCUT2D eigenvalue weighted by molar-refractivity contribution is -0.274. The molecule has 182 valence electrons. The Morgan fingerprint density at radius 1 is 1.11 bits per heavy atom. The molecular formula is C24H17ClF3NO6. The zero-order valence-electron chi connectivity index (χ0n) is 17.6. The monoisotopic (exact) mass is 507 g/mol. The van der Waals surface area contributed by atoms with E-state index in [0.29, 0.717) is 5.56 Å². The van der Waals surface area contributed by atoms with Gasteiger partial charge in [-0.05, 0) is 23.3 Å². The second-order valence-corrected chi connectivity index (χ2v) is 8.81. The third-order valence-corrected chi connectivity index (χ3v) is 6.75. The van der Waals surface area contributed by atoms with E-state index in [1.807, 2.05) is 0 Å². The molecule has 5 rings (SSSR count). The minimum atomic E-state index is -4.92. The van der Waals surface area contributed by atoms with Crippen LogP contribution in [0.1, 0.15) is 22.7 Å². The number of aromatic nitrogens is 1. The molecule has 1 aliphatic heterocycles. The molecule has 0 spiro atoms. The van der Waals surface area contributed by atoms with Crippen LogP contribution in [-0.4, -0.2) is 38.7 Å². The molecule has 1 unspecified atom stereocenters. The lowest BCUT2D eigenvalue weighted by Crippen LogP contribution is -2.52. The summed E-state index contributed by atoms with van der Waals surface area (Å²) in [5, 5.41) is 33.7. The number of nitrogens with zero attached hydrogens (tertiary/aromatic N) is 1. The van der Waals surface area contributed by atoms with Crippen LogP contribution in [-0.2, 0) is 16.0 Å². The van der Waals surface area contributed by atoms with E-state index in [1.165, 1.54) is 24.4 Å². The highest BCUT2D eigenvalue weighted by molar-refractivity contribution is 6.30. The molecule has 1 fully saturated rings. The van der Waals surface area contributed by atoms with Gasteiger partial charge in [0.1, 0.15) is 23.3 Å². The van der Waals surface area contributed by atoms with Gasteiger partial charge in [-0.25, -0.2) is 0 Å². The molecule has 0 bridgehead atoms. The fourth-order valence-corrected chi connectivity index (χ4v) is 5.46. The molecule has 35 heavy (non-hydrogen) atoms. The van der Waals surface area contributed by atoms with Gasteiger partial charge in [-0.3, -0.25) is 9.78 Å². The summed E-state index contributed by atoms with van der Waals surface area (Å²) >= 11 is 6.06. The fraction of sp³-hybridized carbons (Fsp3) is 0.250. The molecular weight excluding hydrogens is 491 g/mol. The van der Waals surface area contributed by atoms with Gasteiger partial charge in [-0.15, -0.1) is 13.2 Å². The van der Waals surface area contributed by atoms with Crippen LogP contribution in [0, 0.1) is 5.92 Å². The van der Waals surface area contributed by atoms with Crippen molar-refractivity contribution in [1.82, 2.24) is 4.98 Å². The second kappa shape index (κ2) is 7.84. The highest BCUT2D eigenvalue weighted by atomic mass is 35.5. The van der Waals surface area contributed by atoms with Crippen molar-refractivity contribution in [2.75, 3.05) is 0 Å². The molecule has 3 aromatic rings. The van der Waals surface area contributed by atoms with Crippen molar-refractivity contribution in [3.05, 3.63) is 88.7 Å². The van der Waals surface area contributed by atoms with Crippen LogP contribution in [0.15, 0.2) is 66.9 Å². The topological polar surface area (TPSA) is 109 Å². The molecule has 3 N–H and O–H groups in total. The van der Waals surface area contributed by atoms with Gasteiger partial charge in [-0.1, -0.05) is 54.1 Å². The van der Waals surface area contributed by atoms with Gasteiger partial charge >= 0.3 is 12.3 Å². The van der Waals surface area contributed by atoms with Crippen molar-refractivity contribution in [1.29, 1.82) is 0 Å². The number of carbonyl (C=O) groups is 1. The number of hydrogen-bond acceptors (Lipinski definition) is 6. The summed E-state index contributed by atoms with van der Waals surface area (Å²) < 4.78 is 48.3. The Hall–Kier alpha value is -3.34. The Morgan fingerprint density at radius 2 is 1.77 bits per heavy atom. The maximum Gasteiger partial charge on any atom is 0.573 e. The molecule has 1 aromatic heterocycles. The van der Waals surface area contributed by atoms with E-state index in [-0.39, 0.29) is 22.0 Å². The predicted molar refractivity (Wildman–Crippen MR) is 115 cm³/mol. The van der Waals surface area contributed by atoms with Crippen molar-refractivity contribution < 1.29 is 42.8 Å². The number of hydrogen-bond donors (Lipinski definition) is 3. The van der Waals surface area contributed by atoms with Gasteiger partial charge in [-0.2, -0.15) is 0 Å². The second-order valence-electron chi connectivity index (χ2n) is 8.37. The number of halogens is 4. The molecule has 0 saturated heterocycles. The van der Waals surface area contributed by atoms with Crippen molar-refractivity contribution >= 4 is 17.6 Å². The number of aliphatic hydroxyl groups is 2.